The summed E-state index contributed by atoms with van der Waals surface area (Å²) in [6.45, 7) is 7.33. The SMILES string of the molecule is COC[C@H](C)Oc1cc(C#Cc2cccc(N3CCOCC3)c2)cc(C(=O)Nc2cnc(C)cn2)c1. The number of hydrogen-bond acceptors (Lipinski definition) is 7. The number of carbonyl (C=O) groups excluding carboxylic acids is 1. The van der Waals surface area contributed by atoms with Crippen LogP contribution in [0, 0.1) is 18.8 Å². The van der Waals surface area contributed by atoms with E-state index in [9.17, 15) is 4.79 Å². The molecule has 186 valence electrons. The van der Waals surface area contributed by atoms with Gasteiger partial charge in [0, 0.05) is 42.6 Å². The first kappa shape index (κ1) is 25.2. The van der Waals surface area contributed by atoms with Gasteiger partial charge in [0.05, 0.1) is 37.9 Å². The van der Waals surface area contributed by atoms with E-state index in [0.29, 0.717) is 29.3 Å². The summed E-state index contributed by atoms with van der Waals surface area (Å²) in [5, 5.41) is 2.78. The molecule has 1 N–H and O–H groups in total. The minimum atomic E-state index is -0.324. The molecular weight excluding hydrogens is 456 g/mol. The lowest BCUT2D eigenvalue weighted by molar-refractivity contribution is 0.0917. The maximum Gasteiger partial charge on any atom is 0.257 e. The molecule has 3 aromatic rings. The van der Waals surface area contributed by atoms with Crippen molar-refractivity contribution >= 4 is 17.4 Å². The van der Waals surface area contributed by atoms with Gasteiger partial charge in [-0.05, 0) is 50.2 Å². The van der Waals surface area contributed by atoms with Gasteiger partial charge in [-0.2, -0.15) is 0 Å². The minimum absolute atomic E-state index is 0.192. The van der Waals surface area contributed by atoms with Crippen LogP contribution in [0.25, 0.3) is 0 Å². The van der Waals surface area contributed by atoms with Gasteiger partial charge in [0.2, 0.25) is 0 Å². The molecule has 0 aliphatic carbocycles. The number of anilines is 2. The number of hydrogen-bond donors (Lipinski definition) is 1. The van der Waals surface area contributed by atoms with Gasteiger partial charge in [-0.1, -0.05) is 17.9 Å². The molecule has 1 fully saturated rings. The number of nitrogens with one attached hydrogen (secondary N) is 1. The molecule has 8 nitrogen and oxygen atoms in total. The maximum absolute atomic E-state index is 13.0. The standard InChI is InChI=1S/C28H30N4O4/c1-20-17-30-27(18-29-20)31-28(33)24-13-23(15-26(16-24)36-21(2)19-34-3)8-7-22-5-4-6-25(14-22)32-9-11-35-12-10-32/h4-6,13-18,21H,9-12,19H2,1-3H3,(H,30,31,33)/t21-/m0/s1. The molecule has 0 bridgehead atoms. The van der Waals surface area contributed by atoms with Crippen molar-refractivity contribution in [2.75, 3.05) is 50.2 Å². The Morgan fingerprint density at radius 3 is 2.67 bits per heavy atom. The number of nitrogens with zero attached hydrogens (tertiary/aromatic N) is 3. The van der Waals surface area contributed by atoms with E-state index >= 15 is 0 Å². The van der Waals surface area contributed by atoms with Crippen LogP contribution in [0.2, 0.25) is 0 Å². The Hall–Kier alpha value is -3.93. The van der Waals surface area contributed by atoms with E-state index in [1.807, 2.05) is 32.0 Å². The van der Waals surface area contributed by atoms with E-state index in [4.69, 9.17) is 14.2 Å². The summed E-state index contributed by atoms with van der Waals surface area (Å²) in [5.74, 6) is 7.00. The molecule has 1 amide bonds. The molecule has 2 aromatic carbocycles. The Morgan fingerprint density at radius 2 is 1.92 bits per heavy atom. The third-order valence-corrected chi connectivity index (χ3v) is 5.50. The number of carbonyl (C=O) groups is 1. The molecule has 1 aliphatic heterocycles. The van der Waals surface area contributed by atoms with Crippen molar-refractivity contribution in [1.29, 1.82) is 0 Å². The van der Waals surface area contributed by atoms with Crippen molar-refractivity contribution in [1.82, 2.24) is 9.97 Å². The zero-order chi connectivity index (χ0) is 25.3. The van der Waals surface area contributed by atoms with Crippen LogP contribution in [0.1, 0.15) is 34.1 Å². The molecule has 4 rings (SSSR count). The third-order valence-electron chi connectivity index (χ3n) is 5.50. The van der Waals surface area contributed by atoms with Crippen molar-refractivity contribution in [3.63, 3.8) is 0 Å². The molecule has 2 heterocycles. The van der Waals surface area contributed by atoms with Crippen LogP contribution < -0.4 is 15.0 Å². The third kappa shape index (κ3) is 7.04. The van der Waals surface area contributed by atoms with Crippen molar-refractivity contribution in [2.45, 2.75) is 20.0 Å². The summed E-state index contributed by atoms with van der Waals surface area (Å²) in [4.78, 5) is 23.7. The second-order valence-corrected chi connectivity index (χ2v) is 8.53. The molecule has 1 aromatic heterocycles. The normalized spacial score (nSPS) is 13.9. The Bertz CT molecular complexity index is 1240. The fourth-order valence-corrected chi connectivity index (χ4v) is 3.76. The summed E-state index contributed by atoms with van der Waals surface area (Å²) >= 11 is 0. The number of benzene rings is 2. The van der Waals surface area contributed by atoms with Gasteiger partial charge in [-0.25, -0.2) is 4.98 Å². The number of aromatic nitrogens is 2. The van der Waals surface area contributed by atoms with Gasteiger partial charge in [0.1, 0.15) is 11.9 Å². The van der Waals surface area contributed by atoms with E-state index < -0.39 is 0 Å². The van der Waals surface area contributed by atoms with E-state index in [0.717, 1.165) is 43.2 Å². The molecule has 0 unspecified atom stereocenters. The summed E-state index contributed by atoms with van der Waals surface area (Å²) in [5.41, 5.74) is 3.85. The minimum Gasteiger partial charge on any atom is -0.488 e. The summed E-state index contributed by atoms with van der Waals surface area (Å²) in [6, 6.07) is 13.4. The molecule has 1 saturated heterocycles. The largest absolute Gasteiger partial charge is 0.488 e. The number of morpholine rings is 1. The van der Waals surface area contributed by atoms with Crippen LogP contribution in [0.15, 0.2) is 54.9 Å². The summed E-state index contributed by atoms with van der Waals surface area (Å²) < 4.78 is 16.6. The van der Waals surface area contributed by atoms with Crippen LogP contribution in [0.5, 0.6) is 5.75 Å². The highest BCUT2D eigenvalue weighted by atomic mass is 16.5. The van der Waals surface area contributed by atoms with Gasteiger partial charge >= 0.3 is 0 Å². The van der Waals surface area contributed by atoms with Gasteiger partial charge in [0.25, 0.3) is 5.91 Å². The lowest BCUT2D eigenvalue weighted by atomic mass is 10.1. The predicted octanol–water partition coefficient (Wildman–Crippen LogP) is 3.69. The Labute approximate surface area is 211 Å². The molecule has 1 atom stereocenters. The topological polar surface area (TPSA) is 85.8 Å². The molecule has 36 heavy (non-hydrogen) atoms. The Balaban J connectivity index is 1.59. The van der Waals surface area contributed by atoms with Crippen molar-refractivity contribution < 1.29 is 19.0 Å². The number of rotatable bonds is 7. The maximum atomic E-state index is 13.0. The second-order valence-electron chi connectivity index (χ2n) is 8.53. The van der Waals surface area contributed by atoms with Crippen LogP contribution in [-0.4, -0.2) is 62.0 Å². The van der Waals surface area contributed by atoms with Crippen molar-refractivity contribution in [3.8, 4) is 17.6 Å². The van der Waals surface area contributed by atoms with Gasteiger partial charge in [-0.15, -0.1) is 0 Å². The lowest BCUT2D eigenvalue weighted by Crippen LogP contribution is -2.36. The zero-order valence-electron chi connectivity index (χ0n) is 20.8. The average Bonchev–Trinajstić information content (AvgIpc) is 2.89. The van der Waals surface area contributed by atoms with Crippen LogP contribution in [0.4, 0.5) is 11.5 Å². The Kier molecular flexibility index (Phi) is 8.50. The first-order valence-electron chi connectivity index (χ1n) is 11.9. The molecule has 0 spiro atoms. The highest BCUT2D eigenvalue weighted by Gasteiger charge is 2.13. The number of amides is 1. The van der Waals surface area contributed by atoms with Crippen LogP contribution in [-0.2, 0) is 9.47 Å². The summed E-state index contributed by atoms with van der Waals surface area (Å²) in [7, 11) is 1.62. The number of aryl methyl sites for hydroxylation is 1. The lowest BCUT2D eigenvalue weighted by Gasteiger charge is -2.28. The predicted molar refractivity (Wildman–Crippen MR) is 139 cm³/mol. The van der Waals surface area contributed by atoms with Gasteiger partial charge < -0.3 is 24.4 Å². The van der Waals surface area contributed by atoms with Crippen molar-refractivity contribution in [3.05, 3.63) is 77.2 Å². The fraction of sp³-hybridized carbons (Fsp3) is 0.321. The van der Waals surface area contributed by atoms with E-state index in [1.54, 1.807) is 25.4 Å². The average molecular weight is 487 g/mol. The molecule has 0 radical (unpaired) electrons. The van der Waals surface area contributed by atoms with Gasteiger partial charge in [-0.3, -0.25) is 9.78 Å². The highest BCUT2D eigenvalue weighted by molar-refractivity contribution is 6.04. The quantitative estimate of drug-likeness (QED) is 0.510. The zero-order valence-corrected chi connectivity index (χ0v) is 20.8. The summed E-state index contributed by atoms with van der Waals surface area (Å²) in [6.07, 6.45) is 2.93. The fourth-order valence-electron chi connectivity index (χ4n) is 3.76. The molecule has 0 saturated carbocycles. The van der Waals surface area contributed by atoms with E-state index in [1.165, 1.54) is 6.20 Å². The smallest absolute Gasteiger partial charge is 0.257 e. The van der Waals surface area contributed by atoms with E-state index in [2.05, 4.69) is 44.2 Å². The van der Waals surface area contributed by atoms with Gasteiger partial charge in [0.15, 0.2) is 5.82 Å². The number of methoxy groups -OCH3 is 1. The molecule has 1 aliphatic rings. The monoisotopic (exact) mass is 486 g/mol. The van der Waals surface area contributed by atoms with E-state index in [-0.39, 0.29) is 12.0 Å². The first-order chi connectivity index (χ1) is 17.5. The Morgan fingerprint density at radius 1 is 1.11 bits per heavy atom. The first-order valence-corrected chi connectivity index (χ1v) is 11.9. The molecular formula is C28H30N4O4. The highest BCUT2D eigenvalue weighted by Crippen LogP contribution is 2.21. The number of ether oxygens (including phenoxy) is 3. The van der Waals surface area contributed by atoms with Crippen molar-refractivity contribution in [2.24, 2.45) is 0 Å². The van der Waals surface area contributed by atoms with Crippen LogP contribution in [0.3, 0.4) is 0 Å². The second kappa shape index (κ2) is 12.2. The molecule has 8 heteroatoms. The van der Waals surface area contributed by atoms with Crippen LogP contribution >= 0.6 is 0 Å².